The monoisotopic (exact) mass is 495 g/mol. The highest BCUT2D eigenvalue weighted by molar-refractivity contribution is 5.21. The highest BCUT2D eigenvalue weighted by atomic mass is 15.4. The zero-order chi connectivity index (χ0) is 28.8. The van der Waals surface area contributed by atoms with E-state index in [2.05, 4.69) is 172 Å². The first-order valence-electron chi connectivity index (χ1n) is 13.9. The van der Waals surface area contributed by atoms with Gasteiger partial charge < -0.3 is 0 Å². The van der Waals surface area contributed by atoms with Gasteiger partial charge in [0.05, 0.1) is 0 Å². The Balaban J connectivity index is 4.32. The van der Waals surface area contributed by atoms with Crippen molar-refractivity contribution in [3.63, 3.8) is 0 Å². The molecule has 1 saturated heterocycles. The molecule has 0 aromatic rings. The topological polar surface area (TPSA) is 13.0 Å². The summed E-state index contributed by atoms with van der Waals surface area (Å²) in [7, 11) is 7.05. The van der Waals surface area contributed by atoms with E-state index in [-0.39, 0.29) is 49.9 Å². The lowest BCUT2D eigenvalue weighted by Gasteiger charge is -2.72. The van der Waals surface area contributed by atoms with Crippen LogP contribution in [0.25, 0.3) is 0 Å². The van der Waals surface area contributed by atoms with Gasteiger partial charge in [-0.3, -0.25) is 19.6 Å². The number of nitrogens with zero attached hydrogens (tertiary/aromatic N) is 4. The third kappa shape index (κ3) is 4.25. The third-order valence-corrected chi connectivity index (χ3v) is 12.8. The zero-order valence-electron chi connectivity index (χ0n) is 28.3. The fraction of sp³-hybridized carbons (Fsp3) is 1.00. The molecule has 0 radical (unpaired) electrons. The molecule has 0 N–H and O–H groups in total. The summed E-state index contributed by atoms with van der Waals surface area (Å²) in [5.41, 5.74) is -1.04. The first-order valence-corrected chi connectivity index (χ1v) is 13.9. The summed E-state index contributed by atoms with van der Waals surface area (Å²) in [4.78, 5) is 10.8. The lowest BCUT2D eigenvalue weighted by Crippen LogP contribution is -2.84. The molecule has 35 heavy (non-hydrogen) atoms. The second-order valence-corrected chi connectivity index (χ2v) is 16.7. The van der Waals surface area contributed by atoms with Gasteiger partial charge in [0.1, 0.15) is 0 Å². The van der Waals surface area contributed by atoms with Gasteiger partial charge in [0.25, 0.3) is 0 Å². The molecule has 0 saturated carbocycles. The largest absolute Gasteiger partial charge is 0.292 e. The number of likely N-dealkylation sites (N-methyl/N-ethyl adjacent to an activating group) is 3. The standard InChI is InChI=1S/C31H66N4/c1-23(2,3)35-30(16,17)28(12,13)33(21)26(8,9)24(4,5)32(20)25(6,7)27(10,11)34(22)29(14,15)31(35,18)19/h1-22H3. The van der Waals surface area contributed by atoms with Crippen LogP contribution in [0.4, 0.5) is 0 Å². The number of hydrogen-bond acceptors (Lipinski definition) is 4. The van der Waals surface area contributed by atoms with Gasteiger partial charge >= 0.3 is 0 Å². The Kier molecular flexibility index (Phi) is 7.91. The fourth-order valence-electron chi connectivity index (χ4n) is 7.48. The first kappa shape index (κ1) is 32.9. The highest BCUT2D eigenvalue weighted by Gasteiger charge is 2.63. The van der Waals surface area contributed by atoms with Crippen molar-refractivity contribution in [2.75, 3.05) is 21.1 Å². The number of rotatable bonds is 0. The highest BCUT2D eigenvalue weighted by Crippen LogP contribution is 2.52. The van der Waals surface area contributed by atoms with Crippen LogP contribution in [0.3, 0.4) is 0 Å². The second-order valence-electron chi connectivity index (χ2n) is 16.7. The van der Waals surface area contributed by atoms with E-state index in [0.717, 1.165) is 0 Å². The molecule has 1 fully saturated rings. The molecular weight excluding hydrogens is 428 g/mol. The quantitative estimate of drug-likeness (QED) is 0.355. The molecule has 0 aliphatic carbocycles. The van der Waals surface area contributed by atoms with E-state index in [1.165, 1.54) is 0 Å². The Morgan fingerprint density at radius 3 is 0.600 bits per heavy atom. The molecule has 1 aliphatic heterocycles. The van der Waals surface area contributed by atoms with Gasteiger partial charge in [-0.15, -0.1) is 0 Å². The predicted octanol–water partition coefficient (Wildman–Crippen LogP) is 7.12. The van der Waals surface area contributed by atoms with Crippen molar-refractivity contribution in [2.45, 2.75) is 181 Å². The average Bonchev–Trinajstić information content (AvgIpc) is 2.62. The molecule has 0 aromatic heterocycles. The Hall–Kier alpha value is -0.160. The SMILES string of the molecule is CN1C(C)(C)C(C)(C)N(C)C(C)(C)C(C)(C)N(C(C)(C)C)C(C)(C)C(C)(C)N(C)C(C)(C)C1(C)C. The molecule has 1 rings (SSSR count). The Bertz CT molecular complexity index is 716. The van der Waals surface area contributed by atoms with Crippen LogP contribution in [-0.4, -0.2) is 90.6 Å². The van der Waals surface area contributed by atoms with E-state index in [1.54, 1.807) is 0 Å². The Morgan fingerprint density at radius 1 is 0.314 bits per heavy atom. The minimum atomic E-state index is -0.146. The van der Waals surface area contributed by atoms with Crippen molar-refractivity contribution < 1.29 is 0 Å². The van der Waals surface area contributed by atoms with E-state index in [9.17, 15) is 0 Å². The Morgan fingerprint density at radius 2 is 0.457 bits per heavy atom. The zero-order valence-corrected chi connectivity index (χ0v) is 28.3. The van der Waals surface area contributed by atoms with Gasteiger partial charge in [0.15, 0.2) is 0 Å². The van der Waals surface area contributed by atoms with Crippen LogP contribution in [0.1, 0.15) is 132 Å². The number of hydrogen-bond donors (Lipinski definition) is 0. The second kappa shape index (κ2) is 8.42. The summed E-state index contributed by atoms with van der Waals surface area (Å²) in [5.74, 6) is 0. The molecule has 0 amide bonds. The van der Waals surface area contributed by atoms with E-state index >= 15 is 0 Å². The summed E-state index contributed by atoms with van der Waals surface area (Å²) in [6, 6.07) is 0. The van der Waals surface area contributed by atoms with Crippen LogP contribution in [0.5, 0.6) is 0 Å². The molecule has 0 aromatic carbocycles. The van der Waals surface area contributed by atoms with Crippen molar-refractivity contribution in [3.8, 4) is 0 Å². The first-order chi connectivity index (χ1) is 14.8. The van der Waals surface area contributed by atoms with E-state index in [0.29, 0.717) is 0 Å². The van der Waals surface area contributed by atoms with Gasteiger partial charge in [-0.05, 0) is 153 Å². The van der Waals surface area contributed by atoms with Gasteiger partial charge in [0.2, 0.25) is 0 Å². The van der Waals surface area contributed by atoms with Crippen molar-refractivity contribution in [1.29, 1.82) is 0 Å². The average molecular weight is 495 g/mol. The lowest BCUT2D eigenvalue weighted by molar-refractivity contribution is -0.214. The summed E-state index contributed by atoms with van der Waals surface area (Å²) in [5, 5.41) is 0. The van der Waals surface area contributed by atoms with Crippen molar-refractivity contribution >= 4 is 0 Å². The Labute approximate surface area is 222 Å². The maximum atomic E-state index is 2.83. The molecule has 0 atom stereocenters. The molecule has 0 spiro atoms. The van der Waals surface area contributed by atoms with Crippen LogP contribution in [0.2, 0.25) is 0 Å². The third-order valence-electron chi connectivity index (χ3n) is 12.8. The summed E-state index contributed by atoms with van der Waals surface area (Å²) < 4.78 is 0. The minimum absolute atomic E-state index is 0.0382. The molecule has 4 heteroatoms. The fourth-order valence-corrected chi connectivity index (χ4v) is 7.48. The van der Waals surface area contributed by atoms with Gasteiger partial charge in [0, 0.05) is 49.9 Å². The van der Waals surface area contributed by atoms with Crippen molar-refractivity contribution in [3.05, 3.63) is 0 Å². The van der Waals surface area contributed by atoms with Gasteiger partial charge in [-0.1, -0.05) is 0 Å². The van der Waals surface area contributed by atoms with Crippen LogP contribution < -0.4 is 0 Å². The van der Waals surface area contributed by atoms with Crippen molar-refractivity contribution in [2.24, 2.45) is 0 Å². The normalized spacial score (nSPS) is 31.4. The summed E-state index contributed by atoms with van der Waals surface area (Å²) in [6.07, 6.45) is 0. The van der Waals surface area contributed by atoms with Crippen molar-refractivity contribution in [1.82, 2.24) is 19.6 Å². The summed E-state index contributed by atoms with van der Waals surface area (Å²) >= 11 is 0. The lowest BCUT2D eigenvalue weighted by atomic mass is 9.64. The summed E-state index contributed by atoms with van der Waals surface area (Å²) in [6.45, 7) is 46.4. The minimum Gasteiger partial charge on any atom is -0.292 e. The smallest absolute Gasteiger partial charge is 0.0342 e. The predicted molar refractivity (Wildman–Crippen MR) is 158 cm³/mol. The van der Waals surface area contributed by atoms with E-state index in [1.807, 2.05) is 0 Å². The van der Waals surface area contributed by atoms with Crippen LogP contribution in [0.15, 0.2) is 0 Å². The maximum Gasteiger partial charge on any atom is 0.0342 e. The molecule has 0 unspecified atom stereocenters. The molecule has 1 heterocycles. The molecule has 210 valence electrons. The molecule has 1 aliphatic rings. The van der Waals surface area contributed by atoms with Gasteiger partial charge in [-0.25, -0.2) is 0 Å². The molecular formula is C31H66N4. The van der Waals surface area contributed by atoms with Gasteiger partial charge in [-0.2, -0.15) is 0 Å². The van der Waals surface area contributed by atoms with Crippen LogP contribution in [-0.2, 0) is 0 Å². The van der Waals surface area contributed by atoms with Crippen LogP contribution in [0, 0.1) is 0 Å². The molecule has 4 nitrogen and oxygen atoms in total. The molecule has 0 bridgehead atoms. The van der Waals surface area contributed by atoms with E-state index < -0.39 is 0 Å². The maximum absolute atomic E-state index is 2.83. The van der Waals surface area contributed by atoms with Crippen LogP contribution >= 0.6 is 0 Å². The van der Waals surface area contributed by atoms with E-state index in [4.69, 9.17) is 0 Å².